The normalized spacial score (nSPS) is 11.1. The minimum atomic E-state index is -0.347. The molecule has 2 N–H and O–H groups in total. The van der Waals surface area contributed by atoms with Gasteiger partial charge in [-0.05, 0) is 5.56 Å². The van der Waals surface area contributed by atoms with Gasteiger partial charge in [-0.15, -0.1) is 5.10 Å². The van der Waals surface area contributed by atoms with Crippen molar-refractivity contribution >= 4 is 11.2 Å². The van der Waals surface area contributed by atoms with Crippen molar-refractivity contribution in [1.82, 2.24) is 34.7 Å². The number of aromatic amines is 2. The van der Waals surface area contributed by atoms with E-state index in [0.717, 1.165) is 5.56 Å². The standard InChI is InChI=1S/C14H11N7O/c22-14-18-10-7-15-11(6-9-4-2-1-3-5-9)19-12(10)21(14)13-16-8-17-20-13/h1-5,7-8H,6H2,(H,18,22)(H,16,17,20). The summed E-state index contributed by atoms with van der Waals surface area (Å²) in [7, 11) is 0. The van der Waals surface area contributed by atoms with E-state index < -0.39 is 0 Å². The minimum absolute atomic E-state index is 0.251. The zero-order valence-corrected chi connectivity index (χ0v) is 11.4. The summed E-state index contributed by atoms with van der Waals surface area (Å²) in [5.74, 6) is 0.877. The molecule has 3 aromatic heterocycles. The second-order valence-electron chi connectivity index (χ2n) is 4.75. The summed E-state index contributed by atoms with van der Waals surface area (Å²) in [6, 6.07) is 9.90. The van der Waals surface area contributed by atoms with Crippen LogP contribution in [0.3, 0.4) is 0 Å². The Morgan fingerprint density at radius 3 is 2.77 bits per heavy atom. The van der Waals surface area contributed by atoms with Crippen molar-refractivity contribution in [2.45, 2.75) is 6.42 Å². The summed E-state index contributed by atoms with van der Waals surface area (Å²) in [5.41, 5.74) is 1.77. The summed E-state index contributed by atoms with van der Waals surface area (Å²) in [6.45, 7) is 0. The van der Waals surface area contributed by atoms with Gasteiger partial charge in [-0.2, -0.15) is 4.98 Å². The number of rotatable bonds is 3. The Bertz CT molecular complexity index is 970. The highest BCUT2D eigenvalue weighted by Crippen LogP contribution is 2.11. The molecule has 0 radical (unpaired) electrons. The summed E-state index contributed by atoms with van der Waals surface area (Å²) < 4.78 is 1.32. The van der Waals surface area contributed by atoms with Gasteiger partial charge in [-0.1, -0.05) is 30.3 Å². The van der Waals surface area contributed by atoms with Gasteiger partial charge >= 0.3 is 5.69 Å². The van der Waals surface area contributed by atoms with Crippen molar-refractivity contribution in [3.05, 3.63) is 64.7 Å². The van der Waals surface area contributed by atoms with E-state index in [2.05, 4.69) is 30.1 Å². The molecule has 0 saturated carbocycles. The highest BCUT2D eigenvalue weighted by Gasteiger charge is 2.14. The average Bonchev–Trinajstić information content (AvgIpc) is 3.14. The summed E-state index contributed by atoms with van der Waals surface area (Å²) in [5, 5.41) is 6.52. The molecule has 0 bridgehead atoms. The number of aromatic nitrogens is 7. The van der Waals surface area contributed by atoms with E-state index in [1.165, 1.54) is 10.9 Å². The number of fused-ring (bicyclic) bond motifs is 1. The van der Waals surface area contributed by atoms with Gasteiger partial charge in [0.1, 0.15) is 17.7 Å². The highest BCUT2D eigenvalue weighted by molar-refractivity contribution is 5.71. The van der Waals surface area contributed by atoms with E-state index in [1.807, 2.05) is 30.3 Å². The maximum atomic E-state index is 12.1. The fraction of sp³-hybridized carbons (Fsp3) is 0.0714. The second-order valence-corrected chi connectivity index (χ2v) is 4.75. The van der Waals surface area contributed by atoms with Gasteiger partial charge < -0.3 is 4.98 Å². The molecule has 0 unspecified atom stereocenters. The van der Waals surface area contributed by atoms with Crippen LogP contribution in [0.4, 0.5) is 0 Å². The van der Waals surface area contributed by atoms with Gasteiger partial charge in [0.05, 0.1) is 6.20 Å². The largest absolute Gasteiger partial charge is 0.334 e. The van der Waals surface area contributed by atoms with E-state index in [-0.39, 0.29) is 11.6 Å². The Balaban J connectivity index is 1.83. The van der Waals surface area contributed by atoms with E-state index in [1.54, 1.807) is 6.20 Å². The number of imidazole rings is 1. The molecule has 3 heterocycles. The number of nitrogens with zero attached hydrogens (tertiary/aromatic N) is 5. The molecule has 4 rings (SSSR count). The van der Waals surface area contributed by atoms with E-state index >= 15 is 0 Å². The van der Waals surface area contributed by atoms with E-state index in [4.69, 9.17) is 0 Å². The summed E-state index contributed by atoms with van der Waals surface area (Å²) in [6.07, 6.45) is 3.60. The molecule has 0 amide bonds. The number of hydrogen-bond donors (Lipinski definition) is 2. The second kappa shape index (κ2) is 4.92. The van der Waals surface area contributed by atoms with Crippen molar-refractivity contribution in [3.8, 4) is 5.95 Å². The van der Waals surface area contributed by atoms with Gasteiger partial charge in [-0.25, -0.2) is 19.3 Å². The van der Waals surface area contributed by atoms with Gasteiger partial charge in [0.15, 0.2) is 5.65 Å². The van der Waals surface area contributed by atoms with Crippen molar-refractivity contribution in [1.29, 1.82) is 0 Å². The summed E-state index contributed by atoms with van der Waals surface area (Å²) in [4.78, 5) is 27.5. The molecule has 1 aromatic carbocycles. The van der Waals surface area contributed by atoms with Crippen LogP contribution in [0.5, 0.6) is 0 Å². The first-order valence-corrected chi connectivity index (χ1v) is 6.68. The SMILES string of the molecule is O=c1[nH]c2cnc(Cc3ccccc3)nc2n1-c1nc[nH]n1. The van der Waals surface area contributed by atoms with Crippen LogP contribution in [0.15, 0.2) is 47.7 Å². The molecule has 0 aliphatic carbocycles. The number of benzene rings is 1. The lowest BCUT2D eigenvalue weighted by Gasteiger charge is -2.01. The Morgan fingerprint density at radius 2 is 2.00 bits per heavy atom. The third kappa shape index (κ3) is 2.06. The first-order chi connectivity index (χ1) is 10.8. The number of nitrogens with one attached hydrogen (secondary N) is 2. The minimum Gasteiger partial charge on any atom is -0.302 e. The van der Waals surface area contributed by atoms with Crippen LogP contribution in [-0.4, -0.2) is 34.7 Å². The predicted octanol–water partition coefficient (Wildman–Crippen LogP) is 0.818. The fourth-order valence-corrected chi connectivity index (χ4v) is 2.29. The molecule has 4 aromatic rings. The molecule has 8 nitrogen and oxygen atoms in total. The maximum absolute atomic E-state index is 12.1. The molecule has 0 spiro atoms. The zero-order chi connectivity index (χ0) is 14.9. The van der Waals surface area contributed by atoms with Gasteiger partial charge in [-0.3, -0.25) is 5.10 Å². The van der Waals surface area contributed by atoms with Crippen LogP contribution in [0.25, 0.3) is 17.1 Å². The van der Waals surface area contributed by atoms with Crippen LogP contribution in [-0.2, 0) is 6.42 Å². The van der Waals surface area contributed by atoms with Crippen molar-refractivity contribution in [2.24, 2.45) is 0 Å². The smallest absolute Gasteiger partial charge is 0.302 e. The van der Waals surface area contributed by atoms with Crippen molar-refractivity contribution in [2.75, 3.05) is 0 Å². The van der Waals surface area contributed by atoms with Crippen LogP contribution in [0.2, 0.25) is 0 Å². The lowest BCUT2D eigenvalue weighted by molar-refractivity contribution is 0.893. The molecular weight excluding hydrogens is 282 g/mol. The monoisotopic (exact) mass is 293 g/mol. The first kappa shape index (κ1) is 12.5. The van der Waals surface area contributed by atoms with Gasteiger partial charge in [0.25, 0.3) is 5.95 Å². The average molecular weight is 293 g/mol. The molecule has 8 heteroatoms. The quantitative estimate of drug-likeness (QED) is 0.581. The van der Waals surface area contributed by atoms with Gasteiger partial charge in [0, 0.05) is 6.42 Å². The number of hydrogen-bond acceptors (Lipinski definition) is 5. The first-order valence-electron chi connectivity index (χ1n) is 6.68. The lowest BCUT2D eigenvalue weighted by Crippen LogP contribution is -2.16. The number of H-pyrrole nitrogens is 2. The van der Waals surface area contributed by atoms with E-state index in [9.17, 15) is 4.79 Å². The molecular formula is C14H11N7O. The summed E-state index contributed by atoms with van der Waals surface area (Å²) >= 11 is 0. The van der Waals surface area contributed by atoms with E-state index in [0.29, 0.717) is 23.4 Å². The Morgan fingerprint density at radius 1 is 1.14 bits per heavy atom. The molecule has 0 atom stereocenters. The molecule has 0 aliphatic rings. The molecule has 0 aliphatic heterocycles. The third-order valence-electron chi connectivity index (χ3n) is 3.28. The molecule has 108 valence electrons. The molecule has 22 heavy (non-hydrogen) atoms. The Labute approximate surface area is 123 Å². The zero-order valence-electron chi connectivity index (χ0n) is 11.4. The van der Waals surface area contributed by atoms with Crippen molar-refractivity contribution in [3.63, 3.8) is 0 Å². The van der Waals surface area contributed by atoms with Crippen LogP contribution in [0, 0.1) is 0 Å². The molecule has 0 fully saturated rings. The van der Waals surface area contributed by atoms with Crippen LogP contribution in [0.1, 0.15) is 11.4 Å². The highest BCUT2D eigenvalue weighted by atomic mass is 16.1. The maximum Gasteiger partial charge on any atom is 0.334 e. The van der Waals surface area contributed by atoms with Crippen LogP contribution >= 0.6 is 0 Å². The molecule has 0 saturated heterocycles. The lowest BCUT2D eigenvalue weighted by atomic mass is 10.1. The van der Waals surface area contributed by atoms with Crippen LogP contribution < -0.4 is 5.69 Å². The third-order valence-corrected chi connectivity index (χ3v) is 3.28. The predicted molar refractivity (Wildman–Crippen MR) is 78.7 cm³/mol. The Kier molecular flexibility index (Phi) is 2.78. The van der Waals surface area contributed by atoms with Gasteiger partial charge in [0.2, 0.25) is 0 Å². The fourth-order valence-electron chi connectivity index (χ4n) is 2.29. The van der Waals surface area contributed by atoms with Crippen molar-refractivity contribution < 1.29 is 0 Å². The Hall–Kier alpha value is -3.29. The topological polar surface area (TPSA) is 105 Å².